The van der Waals surface area contributed by atoms with Crippen molar-refractivity contribution < 1.29 is 0 Å². The van der Waals surface area contributed by atoms with Crippen molar-refractivity contribution in [1.82, 2.24) is 11.5 Å². The maximum Gasteiger partial charge on any atom is 0.0431 e. The highest BCUT2D eigenvalue weighted by Gasteiger charge is 2.16. The standard InChI is InChI=1S/C5H12N2/c1-4(6)5(2,3)7/h4,6-7H,1-3H3. The first-order valence-corrected chi connectivity index (χ1v) is 2.40. The highest BCUT2D eigenvalue weighted by Crippen LogP contribution is 2.03. The van der Waals surface area contributed by atoms with Gasteiger partial charge in [-0.2, -0.15) is 0 Å². The molecule has 0 aromatic heterocycles. The lowest BCUT2D eigenvalue weighted by molar-refractivity contribution is 0.409. The zero-order valence-electron chi connectivity index (χ0n) is 5.08. The summed E-state index contributed by atoms with van der Waals surface area (Å²) in [5.74, 6) is 0. The highest BCUT2D eigenvalue weighted by atomic mass is 14.8. The van der Waals surface area contributed by atoms with Crippen LogP contribution in [0, 0.1) is 0 Å². The molecule has 2 radical (unpaired) electrons. The molecule has 0 fully saturated rings. The molecular formula is C5H12N2. The summed E-state index contributed by atoms with van der Waals surface area (Å²) in [6, 6.07) is -0.285. The van der Waals surface area contributed by atoms with Crippen LogP contribution in [0.25, 0.3) is 0 Å². The first-order chi connectivity index (χ1) is 2.94. The van der Waals surface area contributed by atoms with E-state index in [4.69, 9.17) is 11.5 Å². The van der Waals surface area contributed by atoms with E-state index in [1.807, 2.05) is 0 Å². The Morgan fingerprint density at radius 3 is 1.57 bits per heavy atom. The van der Waals surface area contributed by atoms with Crippen molar-refractivity contribution >= 4 is 0 Å². The van der Waals surface area contributed by atoms with Gasteiger partial charge in [0, 0.05) is 11.6 Å². The van der Waals surface area contributed by atoms with Gasteiger partial charge >= 0.3 is 0 Å². The van der Waals surface area contributed by atoms with E-state index in [1.54, 1.807) is 20.8 Å². The second-order valence-electron chi connectivity index (χ2n) is 2.44. The molecule has 0 rings (SSSR count). The largest absolute Gasteiger partial charge is 0.253 e. The van der Waals surface area contributed by atoms with Crippen LogP contribution in [0.4, 0.5) is 0 Å². The van der Waals surface area contributed by atoms with Crippen LogP contribution in [0.1, 0.15) is 20.8 Å². The lowest BCUT2D eigenvalue weighted by Crippen LogP contribution is -2.36. The Balaban J connectivity index is 3.54. The van der Waals surface area contributed by atoms with Gasteiger partial charge in [-0.05, 0) is 20.8 Å². The average Bonchev–Trinajstić information content (AvgIpc) is 1.31. The summed E-state index contributed by atoms with van der Waals surface area (Å²) in [6.07, 6.45) is 0. The molecule has 1 unspecified atom stereocenters. The van der Waals surface area contributed by atoms with Gasteiger partial charge in [0.1, 0.15) is 0 Å². The van der Waals surface area contributed by atoms with Crippen LogP contribution in [0.2, 0.25) is 0 Å². The second-order valence-corrected chi connectivity index (χ2v) is 2.44. The third kappa shape index (κ3) is 2.60. The van der Waals surface area contributed by atoms with Crippen molar-refractivity contribution in [3.8, 4) is 0 Å². The van der Waals surface area contributed by atoms with E-state index in [-0.39, 0.29) is 6.04 Å². The van der Waals surface area contributed by atoms with Crippen LogP contribution in [0.3, 0.4) is 0 Å². The van der Waals surface area contributed by atoms with Crippen molar-refractivity contribution in [2.24, 2.45) is 0 Å². The summed E-state index contributed by atoms with van der Waals surface area (Å²) < 4.78 is 0. The van der Waals surface area contributed by atoms with Gasteiger partial charge in [-0.1, -0.05) is 0 Å². The topological polar surface area (TPSA) is 47.6 Å². The summed E-state index contributed by atoms with van der Waals surface area (Å²) in [5, 5.41) is 0. The first kappa shape index (κ1) is 6.92. The van der Waals surface area contributed by atoms with E-state index in [1.165, 1.54) is 0 Å². The molecule has 0 aromatic carbocycles. The molecule has 42 valence electrons. The molecule has 0 aliphatic rings. The predicted octanol–water partition coefficient (Wildman–Crippen LogP) is 0.719. The quantitative estimate of drug-likeness (QED) is 0.466. The van der Waals surface area contributed by atoms with Gasteiger partial charge in [-0.25, -0.2) is 0 Å². The molecule has 0 saturated carbocycles. The molecule has 0 aliphatic carbocycles. The monoisotopic (exact) mass is 100 g/mol. The molecule has 2 nitrogen and oxygen atoms in total. The van der Waals surface area contributed by atoms with Crippen LogP contribution in [0.15, 0.2) is 0 Å². The van der Waals surface area contributed by atoms with Gasteiger partial charge < -0.3 is 0 Å². The van der Waals surface area contributed by atoms with Gasteiger partial charge in [-0.3, -0.25) is 11.5 Å². The minimum atomic E-state index is -0.583. The van der Waals surface area contributed by atoms with Crippen molar-refractivity contribution in [1.29, 1.82) is 0 Å². The van der Waals surface area contributed by atoms with Gasteiger partial charge in [0.15, 0.2) is 0 Å². The molecule has 0 heterocycles. The summed E-state index contributed by atoms with van der Waals surface area (Å²) in [7, 11) is 0. The Morgan fingerprint density at radius 2 is 1.57 bits per heavy atom. The van der Waals surface area contributed by atoms with Crippen molar-refractivity contribution in [2.75, 3.05) is 0 Å². The number of nitrogens with one attached hydrogen (secondary N) is 2. The van der Waals surface area contributed by atoms with Crippen LogP contribution < -0.4 is 11.5 Å². The van der Waals surface area contributed by atoms with Crippen LogP contribution in [0.5, 0.6) is 0 Å². The molecule has 0 amide bonds. The van der Waals surface area contributed by atoms with Crippen molar-refractivity contribution in [3.05, 3.63) is 0 Å². The minimum Gasteiger partial charge on any atom is -0.253 e. The molecule has 0 bridgehead atoms. The Kier molecular flexibility index (Phi) is 1.78. The lowest BCUT2D eigenvalue weighted by Gasteiger charge is -2.20. The number of rotatable bonds is 1. The molecule has 0 spiro atoms. The SMILES string of the molecule is CC([NH])C(C)(C)[NH]. The summed E-state index contributed by atoms with van der Waals surface area (Å²) in [6.45, 7) is 5.21. The Morgan fingerprint density at radius 1 is 1.43 bits per heavy atom. The molecule has 7 heavy (non-hydrogen) atoms. The zero-order valence-corrected chi connectivity index (χ0v) is 5.08. The average molecular weight is 100 g/mol. The summed E-state index contributed by atoms with van der Waals surface area (Å²) >= 11 is 0. The van der Waals surface area contributed by atoms with E-state index < -0.39 is 5.54 Å². The smallest absolute Gasteiger partial charge is 0.0431 e. The first-order valence-electron chi connectivity index (χ1n) is 2.40. The maximum atomic E-state index is 7.20. The zero-order chi connectivity index (χ0) is 6.08. The molecule has 1 atom stereocenters. The molecule has 0 aromatic rings. The molecular weight excluding hydrogens is 88.1 g/mol. The summed E-state index contributed by atoms with van der Waals surface area (Å²) in [4.78, 5) is 0. The van der Waals surface area contributed by atoms with Crippen LogP contribution in [-0.4, -0.2) is 11.6 Å². The van der Waals surface area contributed by atoms with E-state index >= 15 is 0 Å². The van der Waals surface area contributed by atoms with Gasteiger partial charge in [0.05, 0.1) is 0 Å². The number of hydrogen-bond acceptors (Lipinski definition) is 0. The fraction of sp³-hybridized carbons (Fsp3) is 1.00. The van der Waals surface area contributed by atoms with Gasteiger partial charge in [0.25, 0.3) is 0 Å². The Labute approximate surface area is 44.9 Å². The molecule has 2 heteroatoms. The lowest BCUT2D eigenvalue weighted by atomic mass is 9.99. The normalized spacial score (nSPS) is 16.7. The Bertz CT molecular complexity index is 51.6. The van der Waals surface area contributed by atoms with E-state index in [2.05, 4.69) is 0 Å². The maximum absolute atomic E-state index is 7.20. The fourth-order valence-corrected chi connectivity index (χ4v) is 0. The summed E-state index contributed by atoms with van der Waals surface area (Å²) in [5.41, 5.74) is 13.7. The van der Waals surface area contributed by atoms with Gasteiger partial charge in [-0.15, -0.1) is 0 Å². The van der Waals surface area contributed by atoms with Crippen LogP contribution in [-0.2, 0) is 0 Å². The van der Waals surface area contributed by atoms with Gasteiger partial charge in [0.2, 0.25) is 0 Å². The van der Waals surface area contributed by atoms with E-state index in [0.717, 1.165) is 0 Å². The third-order valence-corrected chi connectivity index (χ3v) is 1.08. The molecule has 2 N–H and O–H groups in total. The third-order valence-electron chi connectivity index (χ3n) is 1.08. The Hall–Kier alpha value is -0.0800. The highest BCUT2D eigenvalue weighted by molar-refractivity contribution is 4.79. The van der Waals surface area contributed by atoms with E-state index in [9.17, 15) is 0 Å². The van der Waals surface area contributed by atoms with E-state index in [0.29, 0.717) is 0 Å². The van der Waals surface area contributed by atoms with Crippen LogP contribution >= 0.6 is 0 Å². The molecule has 0 saturated heterocycles. The van der Waals surface area contributed by atoms with Crippen molar-refractivity contribution in [2.45, 2.75) is 32.4 Å². The second kappa shape index (κ2) is 1.80. The minimum absolute atomic E-state index is 0.285. The predicted molar refractivity (Wildman–Crippen MR) is 29.7 cm³/mol. The fourth-order valence-electron chi connectivity index (χ4n) is 0. The van der Waals surface area contributed by atoms with Crippen molar-refractivity contribution in [3.63, 3.8) is 0 Å². The molecule has 0 aliphatic heterocycles. The number of hydrogen-bond donors (Lipinski definition) is 0.